The van der Waals surface area contributed by atoms with Crippen molar-refractivity contribution in [3.8, 4) is 0 Å². The van der Waals surface area contributed by atoms with Crippen LogP contribution >= 0.6 is 11.3 Å². The monoisotopic (exact) mass is 454 g/mol. The average molecular weight is 455 g/mol. The van der Waals surface area contributed by atoms with E-state index in [0.29, 0.717) is 22.5 Å². The van der Waals surface area contributed by atoms with Gasteiger partial charge in [-0.1, -0.05) is 6.07 Å². The second-order valence-corrected chi connectivity index (χ2v) is 9.99. The molecule has 0 saturated carbocycles. The first-order valence-electron chi connectivity index (χ1n) is 9.47. The highest BCUT2D eigenvalue weighted by molar-refractivity contribution is 7.89. The van der Waals surface area contributed by atoms with Crippen LogP contribution in [0.15, 0.2) is 53.1 Å². The quantitative estimate of drug-likeness (QED) is 0.500. The van der Waals surface area contributed by atoms with Crippen molar-refractivity contribution in [1.82, 2.24) is 24.1 Å². The molecule has 1 aliphatic rings. The van der Waals surface area contributed by atoms with Crippen molar-refractivity contribution in [2.24, 2.45) is 5.73 Å². The molecule has 0 saturated heterocycles. The van der Waals surface area contributed by atoms with Gasteiger partial charge in [0, 0.05) is 30.2 Å². The molecule has 0 spiro atoms. The highest BCUT2D eigenvalue weighted by Gasteiger charge is 2.32. The molecule has 4 heterocycles. The van der Waals surface area contributed by atoms with E-state index in [2.05, 4.69) is 15.1 Å². The van der Waals surface area contributed by atoms with Crippen LogP contribution in [0.1, 0.15) is 28.6 Å². The maximum absolute atomic E-state index is 13.0. The van der Waals surface area contributed by atoms with Gasteiger partial charge in [0.2, 0.25) is 5.91 Å². The summed E-state index contributed by atoms with van der Waals surface area (Å²) in [6.45, 7) is 2.27. The summed E-state index contributed by atoms with van der Waals surface area (Å²) in [5.74, 6) is -0.251. The lowest BCUT2D eigenvalue weighted by molar-refractivity contribution is -0.133. The number of carbonyl (C=O) groups excluding carboxylic acids is 1. The molecule has 11 heteroatoms. The van der Waals surface area contributed by atoms with Gasteiger partial charge in [0.25, 0.3) is 10.0 Å². The minimum atomic E-state index is -3.84. The molecule has 0 fully saturated rings. The standard InChI is InChI=1S/C20H18N6O3S2/c1-12-15(3-2-6-22-12)19(21)20(27)25-8-13-9-26(24-17(13)10-25)31(28,29)14-4-5-16-18(7-14)30-11-23-16/h2-7,9,11,19H,8,10,21H2,1H3/t19-/m0/s1. The first-order valence-corrected chi connectivity index (χ1v) is 11.8. The number of hydrogen-bond donors (Lipinski definition) is 1. The number of aryl methyl sites for hydroxylation is 1. The van der Waals surface area contributed by atoms with Crippen LogP contribution < -0.4 is 5.73 Å². The molecule has 0 unspecified atom stereocenters. The molecule has 3 aromatic heterocycles. The Kier molecular flexibility index (Phi) is 4.61. The van der Waals surface area contributed by atoms with Gasteiger partial charge >= 0.3 is 0 Å². The Morgan fingerprint density at radius 1 is 1.23 bits per heavy atom. The summed E-state index contributed by atoms with van der Waals surface area (Å²) < 4.78 is 27.8. The van der Waals surface area contributed by atoms with Crippen LogP contribution in [-0.4, -0.2) is 38.4 Å². The number of hydrogen-bond acceptors (Lipinski definition) is 8. The molecule has 0 bridgehead atoms. The van der Waals surface area contributed by atoms with Gasteiger partial charge in [-0.05, 0) is 36.8 Å². The van der Waals surface area contributed by atoms with Crippen LogP contribution in [0.3, 0.4) is 0 Å². The summed E-state index contributed by atoms with van der Waals surface area (Å²) in [6.07, 6.45) is 3.12. The molecule has 1 amide bonds. The van der Waals surface area contributed by atoms with Crippen LogP contribution in [0.4, 0.5) is 0 Å². The van der Waals surface area contributed by atoms with Gasteiger partial charge in [-0.25, -0.2) is 4.98 Å². The number of nitrogens with two attached hydrogens (primary N) is 1. The molecule has 9 nitrogen and oxygen atoms in total. The molecule has 5 rings (SSSR count). The second-order valence-electron chi connectivity index (χ2n) is 7.31. The molecular formula is C20H18N6O3S2. The summed E-state index contributed by atoms with van der Waals surface area (Å²) in [6, 6.07) is 7.49. The van der Waals surface area contributed by atoms with Crippen LogP contribution in [-0.2, 0) is 27.9 Å². The summed E-state index contributed by atoms with van der Waals surface area (Å²) in [7, 11) is -3.84. The SMILES string of the molecule is Cc1ncccc1[C@H](N)C(=O)N1Cc2cn(S(=O)(=O)c3ccc4ncsc4c3)nc2C1. The largest absolute Gasteiger partial charge is 0.331 e. The minimum absolute atomic E-state index is 0.146. The van der Waals surface area contributed by atoms with Gasteiger partial charge < -0.3 is 10.6 Å². The predicted octanol–water partition coefficient (Wildman–Crippen LogP) is 1.98. The highest BCUT2D eigenvalue weighted by atomic mass is 32.2. The molecule has 1 aromatic carbocycles. The molecule has 1 atom stereocenters. The lowest BCUT2D eigenvalue weighted by Gasteiger charge is -2.21. The number of pyridine rings is 1. The Morgan fingerprint density at radius 2 is 2.06 bits per heavy atom. The number of benzene rings is 1. The third-order valence-corrected chi connectivity index (χ3v) is 7.69. The van der Waals surface area contributed by atoms with E-state index in [4.69, 9.17) is 5.73 Å². The zero-order chi connectivity index (χ0) is 21.8. The van der Waals surface area contributed by atoms with Crippen molar-refractivity contribution < 1.29 is 13.2 Å². The molecule has 0 aliphatic carbocycles. The van der Waals surface area contributed by atoms with Crippen molar-refractivity contribution >= 4 is 37.5 Å². The van der Waals surface area contributed by atoms with Gasteiger partial charge in [-0.15, -0.1) is 11.3 Å². The first-order chi connectivity index (χ1) is 14.8. The third kappa shape index (κ3) is 3.30. The summed E-state index contributed by atoms with van der Waals surface area (Å²) >= 11 is 1.38. The Morgan fingerprint density at radius 3 is 2.84 bits per heavy atom. The average Bonchev–Trinajstić information content (AvgIpc) is 3.47. The van der Waals surface area contributed by atoms with Crippen molar-refractivity contribution in [2.75, 3.05) is 0 Å². The molecule has 4 aromatic rings. The first kappa shape index (κ1) is 19.8. The van der Waals surface area contributed by atoms with E-state index in [1.165, 1.54) is 23.6 Å². The molecule has 158 valence electrons. The number of carbonyl (C=O) groups is 1. The highest BCUT2D eigenvalue weighted by Crippen LogP contribution is 2.28. The normalized spacial score (nSPS) is 14.7. The number of amides is 1. The molecule has 31 heavy (non-hydrogen) atoms. The van der Waals surface area contributed by atoms with E-state index in [1.807, 2.05) is 0 Å². The maximum Gasteiger partial charge on any atom is 0.283 e. The van der Waals surface area contributed by atoms with Crippen LogP contribution in [0, 0.1) is 6.92 Å². The van der Waals surface area contributed by atoms with Crippen molar-refractivity contribution in [2.45, 2.75) is 31.0 Å². The van der Waals surface area contributed by atoms with Crippen LogP contribution in [0.2, 0.25) is 0 Å². The fraction of sp³-hybridized carbons (Fsp3) is 0.200. The Labute approximate surface area is 182 Å². The summed E-state index contributed by atoms with van der Waals surface area (Å²) in [5.41, 5.74) is 11.2. The zero-order valence-corrected chi connectivity index (χ0v) is 18.1. The second kappa shape index (κ2) is 7.22. The number of aromatic nitrogens is 4. The van der Waals surface area contributed by atoms with Crippen LogP contribution in [0.5, 0.6) is 0 Å². The van der Waals surface area contributed by atoms with E-state index in [-0.39, 0.29) is 23.9 Å². The molecular weight excluding hydrogens is 436 g/mol. The topological polar surface area (TPSA) is 124 Å². The van der Waals surface area contributed by atoms with E-state index in [0.717, 1.165) is 14.3 Å². The van der Waals surface area contributed by atoms with E-state index >= 15 is 0 Å². The van der Waals surface area contributed by atoms with Crippen molar-refractivity contribution in [3.63, 3.8) is 0 Å². The molecule has 2 N–H and O–H groups in total. The van der Waals surface area contributed by atoms with Gasteiger partial charge in [-0.3, -0.25) is 9.78 Å². The smallest absolute Gasteiger partial charge is 0.283 e. The fourth-order valence-electron chi connectivity index (χ4n) is 3.67. The number of fused-ring (bicyclic) bond motifs is 2. The van der Waals surface area contributed by atoms with Crippen LogP contribution in [0.25, 0.3) is 10.2 Å². The Hall–Kier alpha value is -3.15. The maximum atomic E-state index is 13.0. The lowest BCUT2D eigenvalue weighted by atomic mass is 10.1. The van der Waals surface area contributed by atoms with Crippen molar-refractivity contribution in [1.29, 1.82) is 0 Å². The van der Waals surface area contributed by atoms with E-state index in [9.17, 15) is 13.2 Å². The minimum Gasteiger partial charge on any atom is -0.331 e. The van der Waals surface area contributed by atoms with Crippen molar-refractivity contribution in [3.05, 3.63) is 70.8 Å². The number of thiazole rings is 1. The fourth-order valence-corrected chi connectivity index (χ4v) is 5.65. The number of rotatable bonds is 4. The van der Waals surface area contributed by atoms with Gasteiger partial charge in [0.15, 0.2) is 0 Å². The Bertz CT molecular complexity index is 1400. The molecule has 0 radical (unpaired) electrons. The Balaban J connectivity index is 1.37. The predicted molar refractivity (Wildman–Crippen MR) is 115 cm³/mol. The van der Waals surface area contributed by atoms with Gasteiger partial charge in [0.05, 0.1) is 32.9 Å². The van der Waals surface area contributed by atoms with Gasteiger partial charge in [-0.2, -0.15) is 17.6 Å². The zero-order valence-electron chi connectivity index (χ0n) is 16.5. The summed E-state index contributed by atoms with van der Waals surface area (Å²) in [4.78, 5) is 23.0. The number of nitrogens with zero attached hydrogens (tertiary/aromatic N) is 5. The summed E-state index contributed by atoms with van der Waals surface area (Å²) in [5, 5.41) is 4.26. The van der Waals surface area contributed by atoms with E-state index in [1.54, 1.807) is 47.8 Å². The van der Waals surface area contributed by atoms with E-state index < -0.39 is 16.1 Å². The molecule has 1 aliphatic heterocycles. The third-order valence-electron chi connectivity index (χ3n) is 5.37. The lowest BCUT2D eigenvalue weighted by Crippen LogP contribution is -2.35. The van der Waals surface area contributed by atoms with Gasteiger partial charge in [0.1, 0.15) is 6.04 Å².